The lowest BCUT2D eigenvalue weighted by Gasteiger charge is -2.31. The van der Waals surface area contributed by atoms with Gasteiger partial charge in [0.2, 0.25) is 15.9 Å². The zero-order valence-electron chi connectivity index (χ0n) is 16.6. The molecule has 27 heavy (non-hydrogen) atoms. The van der Waals surface area contributed by atoms with E-state index < -0.39 is 10.0 Å². The number of hydrogen-bond acceptors (Lipinski definition) is 3. The first-order chi connectivity index (χ1) is 12.6. The third-order valence-electron chi connectivity index (χ3n) is 4.35. The molecule has 0 unspecified atom stereocenters. The van der Waals surface area contributed by atoms with Crippen LogP contribution in [0.3, 0.4) is 0 Å². The lowest BCUT2D eigenvalue weighted by molar-refractivity contribution is -0.117. The summed E-state index contributed by atoms with van der Waals surface area (Å²) >= 11 is 0. The van der Waals surface area contributed by atoms with E-state index in [2.05, 4.69) is 0 Å². The summed E-state index contributed by atoms with van der Waals surface area (Å²) < 4.78 is 26.3. The van der Waals surface area contributed by atoms with Gasteiger partial charge in [-0.1, -0.05) is 57.2 Å². The van der Waals surface area contributed by atoms with E-state index in [0.717, 1.165) is 17.5 Å². The Hall–Kier alpha value is -2.34. The Labute approximate surface area is 162 Å². The highest BCUT2D eigenvalue weighted by atomic mass is 32.2. The fraction of sp³-hybridized carbons (Fsp3) is 0.381. The Balaban J connectivity index is 2.44. The van der Waals surface area contributed by atoms with Gasteiger partial charge in [-0.2, -0.15) is 0 Å². The minimum Gasteiger partial charge on any atom is -0.311 e. The number of sulfonamides is 1. The van der Waals surface area contributed by atoms with E-state index >= 15 is 0 Å². The molecule has 2 rings (SSSR count). The number of amides is 1. The Morgan fingerprint density at radius 1 is 0.963 bits per heavy atom. The number of benzene rings is 2. The van der Waals surface area contributed by atoms with E-state index in [0.29, 0.717) is 12.2 Å². The monoisotopic (exact) mass is 388 g/mol. The van der Waals surface area contributed by atoms with Crippen molar-refractivity contribution in [2.45, 2.75) is 33.1 Å². The Morgan fingerprint density at radius 2 is 1.52 bits per heavy atom. The number of rotatable bonds is 6. The van der Waals surface area contributed by atoms with Crippen molar-refractivity contribution in [2.75, 3.05) is 28.6 Å². The molecule has 1 amide bonds. The minimum atomic E-state index is -3.63. The van der Waals surface area contributed by atoms with E-state index in [1.807, 2.05) is 70.2 Å². The number of nitrogens with zero attached hydrogens (tertiary/aromatic N) is 2. The van der Waals surface area contributed by atoms with Gasteiger partial charge < -0.3 is 4.90 Å². The van der Waals surface area contributed by atoms with Crippen molar-refractivity contribution in [3.8, 4) is 0 Å². The maximum Gasteiger partial charge on any atom is 0.247 e. The average Bonchev–Trinajstić information content (AvgIpc) is 2.59. The van der Waals surface area contributed by atoms with Crippen molar-refractivity contribution in [2.24, 2.45) is 0 Å². The molecule has 0 atom stereocenters. The van der Waals surface area contributed by atoms with Gasteiger partial charge >= 0.3 is 0 Å². The van der Waals surface area contributed by atoms with Gasteiger partial charge in [0.05, 0.1) is 11.9 Å². The van der Waals surface area contributed by atoms with Crippen LogP contribution in [0.2, 0.25) is 0 Å². The number of anilines is 2. The predicted octanol–water partition coefficient (Wildman–Crippen LogP) is 3.80. The summed E-state index contributed by atoms with van der Waals surface area (Å²) in [7, 11) is -3.63. The van der Waals surface area contributed by atoms with Crippen molar-refractivity contribution < 1.29 is 13.2 Å². The van der Waals surface area contributed by atoms with Crippen molar-refractivity contribution >= 4 is 27.3 Å². The van der Waals surface area contributed by atoms with Crippen LogP contribution in [0.1, 0.15) is 33.3 Å². The quantitative estimate of drug-likeness (QED) is 0.756. The number of carbonyl (C=O) groups is 1. The molecule has 0 aliphatic rings. The molecular formula is C21H28N2O3S. The van der Waals surface area contributed by atoms with E-state index in [4.69, 9.17) is 0 Å². The molecule has 0 heterocycles. The van der Waals surface area contributed by atoms with Crippen LogP contribution in [0.5, 0.6) is 0 Å². The van der Waals surface area contributed by atoms with Gasteiger partial charge in [0, 0.05) is 12.2 Å². The van der Waals surface area contributed by atoms with Crippen LogP contribution in [0.15, 0.2) is 54.6 Å². The first-order valence-electron chi connectivity index (χ1n) is 8.98. The van der Waals surface area contributed by atoms with Crippen LogP contribution in [0.4, 0.5) is 11.4 Å². The van der Waals surface area contributed by atoms with Crippen LogP contribution in [0.25, 0.3) is 0 Å². The predicted molar refractivity (Wildman–Crippen MR) is 112 cm³/mol. The molecule has 0 saturated carbocycles. The largest absolute Gasteiger partial charge is 0.311 e. The third kappa shape index (κ3) is 5.10. The van der Waals surface area contributed by atoms with Gasteiger partial charge in [0.25, 0.3) is 0 Å². The molecule has 5 nitrogen and oxygen atoms in total. The summed E-state index contributed by atoms with van der Waals surface area (Å²) in [6, 6.07) is 16.6. The summed E-state index contributed by atoms with van der Waals surface area (Å²) in [4.78, 5) is 14.6. The Kier molecular flexibility index (Phi) is 6.31. The van der Waals surface area contributed by atoms with Crippen LogP contribution >= 0.6 is 0 Å². The average molecular weight is 389 g/mol. The van der Waals surface area contributed by atoms with Gasteiger partial charge in [-0.3, -0.25) is 9.10 Å². The van der Waals surface area contributed by atoms with E-state index in [1.165, 1.54) is 4.31 Å². The molecule has 2 aromatic rings. The Bertz CT molecular complexity index is 887. The summed E-state index contributed by atoms with van der Waals surface area (Å²) in [5, 5.41) is 0. The number of para-hydroxylation sites is 2. The maximum atomic E-state index is 13.0. The smallest absolute Gasteiger partial charge is 0.247 e. The van der Waals surface area contributed by atoms with Gasteiger partial charge in [-0.05, 0) is 36.1 Å². The summed E-state index contributed by atoms with van der Waals surface area (Å²) in [5.74, 6) is -0.266. The molecular weight excluding hydrogens is 360 g/mol. The first-order valence-corrected chi connectivity index (χ1v) is 10.8. The normalized spacial score (nSPS) is 11.9. The highest BCUT2D eigenvalue weighted by Crippen LogP contribution is 2.33. The molecule has 0 N–H and O–H groups in total. The lowest BCUT2D eigenvalue weighted by Crippen LogP contribution is -2.43. The molecule has 0 bridgehead atoms. The highest BCUT2D eigenvalue weighted by Gasteiger charge is 2.28. The highest BCUT2D eigenvalue weighted by molar-refractivity contribution is 7.92. The van der Waals surface area contributed by atoms with Gasteiger partial charge in [-0.25, -0.2) is 8.42 Å². The molecule has 0 saturated heterocycles. The summed E-state index contributed by atoms with van der Waals surface area (Å²) in [5.41, 5.74) is 1.92. The summed E-state index contributed by atoms with van der Waals surface area (Å²) in [6.45, 7) is 8.16. The molecule has 146 valence electrons. The first kappa shape index (κ1) is 21.0. The zero-order valence-corrected chi connectivity index (χ0v) is 17.5. The van der Waals surface area contributed by atoms with Crippen molar-refractivity contribution in [1.29, 1.82) is 0 Å². The second-order valence-electron chi connectivity index (χ2n) is 7.51. The van der Waals surface area contributed by atoms with Gasteiger partial charge in [-0.15, -0.1) is 0 Å². The van der Waals surface area contributed by atoms with Crippen LogP contribution < -0.4 is 9.21 Å². The molecule has 0 radical (unpaired) electrons. The maximum absolute atomic E-state index is 13.0. The zero-order chi connectivity index (χ0) is 20.2. The fourth-order valence-corrected chi connectivity index (χ4v) is 3.89. The topological polar surface area (TPSA) is 57.7 Å². The number of hydrogen-bond donors (Lipinski definition) is 0. The molecule has 6 heteroatoms. The molecule has 0 fully saturated rings. The third-order valence-corrected chi connectivity index (χ3v) is 5.47. The van der Waals surface area contributed by atoms with E-state index in [1.54, 1.807) is 17.0 Å². The number of carbonyl (C=O) groups excluding carboxylic acids is 1. The lowest BCUT2D eigenvalue weighted by atomic mass is 9.86. The molecule has 0 aromatic heterocycles. The van der Waals surface area contributed by atoms with E-state index in [9.17, 15) is 13.2 Å². The summed E-state index contributed by atoms with van der Waals surface area (Å²) in [6.07, 6.45) is 1.14. The van der Waals surface area contributed by atoms with Crippen LogP contribution in [-0.2, 0) is 20.2 Å². The van der Waals surface area contributed by atoms with Crippen LogP contribution in [0, 0.1) is 0 Å². The fourth-order valence-electron chi connectivity index (χ4n) is 3.03. The Morgan fingerprint density at radius 3 is 2.04 bits per heavy atom. The van der Waals surface area contributed by atoms with Gasteiger partial charge in [0.1, 0.15) is 6.54 Å². The molecule has 2 aromatic carbocycles. The SMILES string of the molecule is CCN(C(=O)CN(c1ccccc1C(C)(C)C)S(C)(=O)=O)c1ccccc1. The van der Waals surface area contributed by atoms with Crippen LogP contribution in [-0.4, -0.2) is 33.7 Å². The van der Waals surface area contributed by atoms with Crippen molar-refractivity contribution in [3.05, 3.63) is 60.2 Å². The molecule has 0 aliphatic carbocycles. The van der Waals surface area contributed by atoms with Crippen molar-refractivity contribution in [3.63, 3.8) is 0 Å². The number of likely N-dealkylation sites (N-methyl/N-ethyl adjacent to an activating group) is 1. The second kappa shape index (κ2) is 8.13. The molecule has 0 aliphatic heterocycles. The second-order valence-corrected chi connectivity index (χ2v) is 9.42. The standard InChI is InChI=1S/C21H28N2O3S/c1-6-22(17-12-8-7-9-13-17)20(24)16-23(27(5,25)26)19-15-11-10-14-18(19)21(2,3)4/h7-15H,6,16H2,1-5H3. The van der Waals surface area contributed by atoms with E-state index in [-0.39, 0.29) is 17.9 Å². The minimum absolute atomic E-state index is 0.241. The van der Waals surface area contributed by atoms with Gasteiger partial charge in [0.15, 0.2) is 0 Å². The molecule has 0 spiro atoms. The van der Waals surface area contributed by atoms with Crippen molar-refractivity contribution in [1.82, 2.24) is 0 Å².